The first-order valence-electron chi connectivity index (χ1n) is 4.69. The van der Waals surface area contributed by atoms with Crippen molar-refractivity contribution in [2.75, 3.05) is 37.0 Å². The van der Waals surface area contributed by atoms with E-state index in [0.29, 0.717) is 25.0 Å². The highest BCUT2D eigenvalue weighted by molar-refractivity contribution is 9.09. The maximum atomic E-state index is 12.3. The number of hydrogen-bond acceptors (Lipinski definition) is 5. The number of methoxy groups -OCH3 is 1. The third-order valence-corrected chi connectivity index (χ3v) is 2.99. The molecular weight excluding hydrogens is 323 g/mol. The highest BCUT2D eigenvalue weighted by Gasteiger charge is 2.36. The van der Waals surface area contributed by atoms with Gasteiger partial charge in [0, 0.05) is 37.1 Å². The van der Waals surface area contributed by atoms with Crippen LogP contribution in [0.5, 0.6) is 0 Å². The Morgan fingerprint density at radius 3 is 2.59 bits per heavy atom. The Hall–Kier alpha value is -0.410. The molecule has 4 nitrogen and oxygen atoms in total. The van der Waals surface area contributed by atoms with Crippen molar-refractivity contribution >= 4 is 32.6 Å². The van der Waals surface area contributed by atoms with E-state index in [4.69, 9.17) is 4.74 Å². The quantitative estimate of drug-likeness (QED) is 0.749. The average molecular weight is 334 g/mol. The molecule has 0 spiro atoms. The first-order chi connectivity index (χ1) is 7.99. The number of anilines is 1. The average Bonchev–Trinajstić information content (AvgIpc) is 2.72. The van der Waals surface area contributed by atoms with Crippen LogP contribution in [0.25, 0.3) is 0 Å². The molecule has 0 N–H and O–H groups in total. The topological polar surface area (TPSA) is 38.2 Å². The minimum atomic E-state index is -4.49. The fourth-order valence-electron chi connectivity index (χ4n) is 1.07. The van der Waals surface area contributed by atoms with Crippen molar-refractivity contribution in [3.63, 3.8) is 0 Å². The van der Waals surface area contributed by atoms with Crippen molar-refractivity contribution < 1.29 is 17.9 Å². The maximum absolute atomic E-state index is 12.3. The van der Waals surface area contributed by atoms with Gasteiger partial charge in [0.15, 0.2) is 0 Å². The smallest absolute Gasteiger partial charge is 0.383 e. The molecule has 0 aliphatic rings. The Morgan fingerprint density at radius 1 is 1.41 bits per heavy atom. The van der Waals surface area contributed by atoms with E-state index in [9.17, 15) is 13.2 Å². The van der Waals surface area contributed by atoms with Crippen molar-refractivity contribution in [3.8, 4) is 0 Å². The summed E-state index contributed by atoms with van der Waals surface area (Å²) in [5, 5.41) is 0.895. The summed E-state index contributed by atoms with van der Waals surface area (Å²) in [5.74, 6) is -1.09. The summed E-state index contributed by atoms with van der Waals surface area (Å²) < 4.78 is 45.2. The molecule has 0 fully saturated rings. The third kappa shape index (κ3) is 4.40. The molecule has 17 heavy (non-hydrogen) atoms. The van der Waals surface area contributed by atoms with E-state index >= 15 is 0 Å². The highest BCUT2D eigenvalue weighted by atomic mass is 79.9. The number of rotatable bonds is 6. The van der Waals surface area contributed by atoms with Gasteiger partial charge < -0.3 is 9.64 Å². The molecule has 0 unspecified atom stereocenters. The Bertz CT molecular complexity index is 347. The number of ether oxygens (including phenoxy) is 1. The summed E-state index contributed by atoms with van der Waals surface area (Å²) in [6.45, 7) is 1.46. The van der Waals surface area contributed by atoms with Gasteiger partial charge in [-0.15, -0.1) is 0 Å². The molecule has 0 bridgehead atoms. The SMILES string of the molecule is COCCN(CCBr)c1nc(C(F)(F)F)ns1. The summed E-state index contributed by atoms with van der Waals surface area (Å²) in [6.07, 6.45) is -4.49. The molecule has 98 valence electrons. The fourth-order valence-corrected chi connectivity index (χ4v) is 2.23. The van der Waals surface area contributed by atoms with E-state index in [0.717, 1.165) is 11.5 Å². The van der Waals surface area contributed by atoms with Crippen LogP contribution in [0.15, 0.2) is 0 Å². The van der Waals surface area contributed by atoms with Crippen LogP contribution in [0.4, 0.5) is 18.3 Å². The monoisotopic (exact) mass is 333 g/mol. The second-order valence-corrected chi connectivity index (χ2v) is 4.59. The normalized spacial score (nSPS) is 11.8. The molecule has 0 aliphatic carbocycles. The highest BCUT2D eigenvalue weighted by Crippen LogP contribution is 2.30. The molecule has 0 aliphatic heterocycles. The van der Waals surface area contributed by atoms with Gasteiger partial charge in [0.25, 0.3) is 0 Å². The van der Waals surface area contributed by atoms with Crippen LogP contribution >= 0.6 is 27.5 Å². The Kier molecular flexibility index (Phi) is 5.60. The van der Waals surface area contributed by atoms with Crippen LogP contribution in [0.3, 0.4) is 0 Å². The van der Waals surface area contributed by atoms with Crippen LogP contribution < -0.4 is 4.90 Å². The van der Waals surface area contributed by atoms with E-state index in [1.165, 1.54) is 7.11 Å². The summed E-state index contributed by atoms with van der Waals surface area (Å²) in [7, 11) is 1.54. The van der Waals surface area contributed by atoms with Gasteiger partial charge in [-0.1, -0.05) is 15.9 Å². The molecule has 0 saturated heterocycles. The van der Waals surface area contributed by atoms with Gasteiger partial charge in [-0.3, -0.25) is 0 Å². The van der Waals surface area contributed by atoms with Gasteiger partial charge in [-0.2, -0.15) is 22.5 Å². The van der Waals surface area contributed by atoms with Crippen LogP contribution in [0, 0.1) is 0 Å². The van der Waals surface area contributed by atoms with E-state index in [2.05, 4.69) is 25.3 Å². The van der Waals surface area contributed by atoms with Crippen molar-refractivity contribution in [2.24, 2.45) is 0 Å². The van der Waals surface area contributed by atoms with Gasteiger partial charge >= 0.3 is 6.18 Å². The van der Waals surface area contributed by atoms with Crippen LogP contribution in [-0.4, -0.2) is 41.5 Å². The molecule has 0 aromatic carbocycles. The molecule has 0 saturated carbocycles. The summed E-state index contributed by atoms with van der Waals surface area (Å²) in [6, 6.07) is 0. The Balaban J connectivity index is 2.76. The lowest BCUT2D eigenvalue weighted by Gasteiger charge is -2.19. The van der Waals surface area contributed by atoms with Crippen LogP contribution in [0.1, 0.15) is 5.82 Å². The third-order valence-electron chi connectivity index (χ3n) is 1.86. The molecule has 0 amide bonds. The van der Waals surface area contributed by atoms with E-state index in [1.807, 2.05) is 0 Å². The number of aromatic nitrogens is 2. The van der Waals surface area contributed by atoms with Crippen molar-refractivity contribution in [1.82, 2.24) is 9.36 Å². The second-order valence-electron chi connectivity index (χ2n) is 3.07. The summed E-state index contributed by atoms with van der Waals surface area (Å²) >= 11 is 3.98. The fraction of sp³-hybridized carbons (Fsp3) is 0.750. The van der Waals surface area contributed by atoms with Gasteiger partial charge in [-0.05, 0) is 0 Å². The number of halogens is 4. The van der Waals surface area contributed by atoms with Crippen LogP contribution in [-0.2, 0) is 10.9 Å². The molecule has 9 heteroatoms. The number of hydrogen-bond donors (Lipinski definition) is 0. The molecule has 1 rings (SSSR count). The molecule has 1 aromatic rings. The lowest BCUT2D eigenvalue weighted by Crippen LogP contribution is -2.29. The van der Waals surface area contributed by atoms with Crippen molar-refractivity contribution in [3.05, 3.63) is 5.82 Å². The molecule has 0 atom stereocenters. The standard InChI is InChI=1S/C8H11BrF3N3OS/c1-16-5-4-15(3-2-9)7-13-6(14-17-7)8(10,11)12/h2-5H2,1H3. The van der Waals surface area contributed by atoms with Gasteiger partial charge in [0.2, 0.25) is 11.0 Å². The Morgan fingerprint density at radius 2 is 2.12 bits per heavy atom. The van der Waals surface area contributed by atoms with Crippen molar-refractivity contribution in [1.29, 1.82) is 0 Å². The molecule has 1 aromatic heterocycles. The van der Waals surface area contributed by atoms with E-state index in [-0.39, 0.29) is 5.13 Å². The van der Waals surface area contributed by atoms with E-state index < -0.39 is 12.0 Å². The molecule has 0 radical (unpaired) electrons. The zero-order chi connectivity index (χ0) is 12.9. The lowest BCUT2D eigenvalue weighted by atomic mass is 10.5. The number of alkyl halides is 4. The van der Waals surface area contributed by atoms with Crippen LogP contribution in [0.2, 0.25) is 0 Å². The predicted octanol–water partition coefficient (Wildman–Crippen LogP) is 2.40. The van der Waals surface area contributed by atoms with Crippen molar-refractivity contribution in [2.45, 2.75) is 6.18 Å². The maximum Gasteiger partial charge on any atom is 0.452 e. The predicted molar refractivity (Wildman–Crippen MR) is 62.8 cm³/mol. The van der Waals surface area contributed by atoms with Gasteiger partial charge in [-0.25, -0.2) is 0 Å². The zero-order valence-electron chi connectivity index (χ0n) is 9.00. The first-order valence-corrected chi connectivity index (χ1v) is 6.59. The first kappa shape index (κ1) is 14.7. The lowest BCUT2D eigenvalue weighted by molar-refractivity contribution is -0.144. The molecular formula is C8H11BrF3N3OS. The second kappa shape index (κ2) is 6.50. The Labute approximate surface area is 109 Å². The minimum absolute atomic E-state index is 0.258. The van der Waals surface area contributed by atoms with Gasteiger partial charge in [0.1, 0.15) is 0 Å². The largest absolute Gasteiger partial charge is 0.452 e. The summed E-state index contributed by atoms with van der Waals surface area (Å²) in [4.78, 5) is 5.18. The number of nitrogens with zero attached hydrogens (tertiary/aromatic N) is 3. The zero-order valence-corrected chi connectivity index (χ0v) is 11.4. The van der Waals surface area contributed by atoms with E-state index in [1.54, 1.807) is 4.90 Å². The molecule has 1 heterocycles. The van der Waals surface area contributed by atoms with Gasteiger partial charge in [0.05, 0.1) is 6.61 Å². The minimum Gasteiger partial charge on any atom is -0.383 e. The summed E-state index contributed by atoms with van der Waals surface area (Å²) in [5.41, 5.74) is 0.